The van der Waals surface area contributed by atoms with Crippen LogP contribution in [-0.4, -0.2) is 29.9 Å². The van der Waals surface area contributed by atoms with Crippen molar-refractivity contribution in [2.75, 3.05) is 0 Å². The van der Waals surface area contributed by atoms with Crippen LogP contribution in [0, 0.1) is 0 Å². The number of rotatable bonds is 42. The lowest BCUT2D eigenvalue weighted by atomic mass is 9.92. The predicted octanol–water partition coefficient (Wildman–Crippen LogP) is 22.7. The SMILES string of the molecule is CCCCCCCCc1cc2c(cc1CCCCCCCC)-c1nc-2nc2[nH]c(nc3[nH]c(n1)c1cc(CCCCCCCC)c(CCCCCCCC)cc31)c1cc(CCCCCCCC)c(CCCCCCCC)cc21. The molecule has 6 bridgehead atoms. The molecule has 6 nitrogen and oxygen atoms in total. The molecule has 0 saturated carbocycles. The first-order valence-electron chi connectivity index (χ1n) is 33.6. The first kappa shape index (κ1) is 61.3. The van der Waals surface area contributed by atoms with Crippen molar-refractivity contribution in [3.63, 3.8) is 0 Å². The Hall–Kier alpha value is -4.32. The van der Waals surface area contributed by atoms with Crippen molar-refractivity contribution in [1.82, 2.24) is 29.9 Å². The van der Waals surface area contributed by atoms with Gasteiger partial charge in [0.25, 0.3) is 0 Å². The van der Waals surface area contributed by atoms with Crippen molar-refractivity contribution in [3.05, 3.63) is 69.8 Å². The molecule has 0 aliphatic carbocycles. The number of benzene rings is 3. The first-order chi connectivity index (χ1) is 38.5. The van der Waals surface area contributed by atoms with Gasteiger partial charge in [0.2, 0.25) is 0 Å². The highest BCUT2D eigenvalue weighted by atomic mass is 15.0. The van der Waals surface area contributed by atoms with Crippen LogP contribution < -0.4 is 0 Å². The van der Waals surface area contributed by atoms with E-state index in [2.05, 4.69) is 87.9 Å². The van der Waals surface area contributed by atoms with Gasteiger partial charge in [-0.25, -0.2) is 19.9 Å². The third-order valence-electron chi connectivity index (χ3n) is 17.7. The Bertz CT molecular complexity index is 2570. The molecule has 4 heterocycles. The Morgan fingerprint density at radius 3 is 0.679 bits per heavy atom. The summed E-state index contributed by atoms with van der Waals surface area (Å²) >= 11 is 0. The molecule has 2 N–H and O–H groups in total. The van der Waals surface area contributed by atoms with Crippen molar-refractivity contribution in [2.45, 2.75) is 311 Å². The standard InChI is InChI=1S/C72H110N6/c1-7-13-19-25-31-37-43-55-49-61-62(50-56(55)44-38-32-26-20-14-8-2)68-73-67(61)76-69-63-51-57(45-39-33-27-21-15-9-3)58(46-40-34-28-22-16-10-4)52-64(63)71(74-69)78-72-66-54-60(48-42-36-30-24-18-12-6)59(47-41-35-29-23-17-11-5)53-65(66)70(75-72)77-68/h49-54H,7-48H2,1-6H3,(H2,73,74,75,76,77,78). The van der Waals surface area contributed by atoms with Gasteiger partial charge < -0.3 is 9.97 Å². The van der Waals surface area contributed by atoms with Crippen molar-refractivity contribution in [2.24, 2.45) is 0 Å². The quantitative estimate of drug-likeness (QED) is 0.0374. The topological polar surface area (TPSA) is 83.1 Å². The highest BCUT2D eigenvalue weighted by Gasteiger charge is 2.24. The molecule has 0 atom stereocenters. The van der Waals surface area contributed by atoms with Crippen molar-refractivity contribution < 1.29 is 0 Å². The Balaban J connectivity index is 1.41. The largest absolute Gasteiger partial charge is 0.324 e. The minimum atomic E-state index is 0.782. The van der Waals surface area contributed by atoms with Crippen LogP contribution in [0.5, 0.6) is 0 Å². The second kappa shape index (κ2) is 34.7. The third kappa shape index (κ3) is 18.4. The van der Waals surface area contributed by atoms with Gasteiger partial charge >= 0.3 is 0 Å². The van der Waals surface area contributed by atoms with Crippen molar-refractivity contribution in [3.8, 4) is 22.8 Å². The highest BCUT2D eigenvalue weighted by Crippen LogP contribution is 2.39. The molecular weight excluding hydrogens is 949 g/mol. The Morgan fingerprint density at radius 2 is 0.436 bits per heavy atom. The minimum absolute atomic E-state index is 0.782. The summed E-state index contributed by atoms with van der Waals surface area (Å²) < 4.78 is 0. The number of aryl methyl sites for hydroxylation is 6. The summed E-state index contributed by atoms with van der Waals surface area (Å²) in [4.78, 5) is 30.3. The van der Waals surface area contributed by atoms with E-state index in [1.165, 1.54) is 286 Å². The van der Waals surface area contributed by atoms with Gasteiger partial charge in [-0.1, -0.05) is 234 Å². The monoisotopic (exact) mass is 1060 g/mol. The molecule has 0 spiro atoms. The van der Waals surface area contributed by atoms with Gasteiger partial charge in [-0.05, 0) is 147 Å². The molecule has 6 heteroatoms. The second-order valence-electron chi connectivity index (χ2n) is 24.3. The van der Waals surface area contributed by atoms with Crippen LogP contribution in [0.2, 0.25) is 0 Å². The van der Waals surface area contributed by atoms with Crippen LogP contribution >= 0.6 is 0 Å². The lowest BCUT2D eigenvalue weighted by Gasteiger charge is -2.13. The van der Waals surface area contributed by atoms with Crippen LogP contribution in [0.4, 0.5) is 0 Å². The number of fused-ring (bicyclic) bond motifs is 15. The summed E-state index contributed by atoms with van der Waals surface area (Å²) in [7, 11) is 0. The predicted molar refractivity (Wildman–Crippen MR) is 341 cm³/mol. The molecule has 0 saturated heterocycles. The second-order valence-corrected chi connectivity index (χ2v) is 24.3. The van der Waals surface area contributed by atoms with Crippen LogP contribution in [0.15, 0.2) is 36.4 Å². The number of aromatic nitrogens is 6. The highest BCUT2D eigenvalue weighted by molar-refractivity contribution is 6.08. The number of nitrogens with one attached hydrogen (secondary N) is 2. The fourth-order valence-electron chi connectivity index (χ4n) is 12.8. The number of aromatic amines is 2. The zero-order valence-corrected chi connectivity index (χ0v) is 51.0. The molecule has 0 fully saturated rings. The molecule has 7 rings (SSSR count). The minimum Gasteiger partial charge on any atom is -0.324 e. The molecule has 1 aliphatic rings. The van der Waals surface area contributed by atoms with E-state index in [4.69, 9.17) is 19.9 Å². The number of nitrogens with zero attached hydrogens (tertiary/aromatic N) is 4. The lowest BCUT2D eigenvalue weighted by Crippen LogP contribution is -1.98. The van der Waals surface area contributed by atoms with E-state index in [9.17, 15) is 0 Å². The maximum atomic E-state index is 5.69. The third-order valence-corrected chi connectivity index (χ3v) is 17.7. The Morgan fingerprint density at radius 1 is 0.231 bits per heavy atom. The molecule has 3 aromatic heterocycles. The van der Waals surface area contributed by atoms with Crippen LogP contribution in [0.1, 0.15) is 306 Å². The van der Waals surface area contributed by atoms with Crippen LogP contribution in [0.3, 0.4) is 0 Å². The molecule has 0 unspecified atom stereocenters. The van der Waals surface area contributed by atoms with Gasteiger partial charge in [-0.2, -0.15) is 0 Å². The first-order valence-corrected chi connectivity index (χ1v) is 33.6. The van der Waals surface area contributed by atoms with E-state index in [0.717, 1.165) is 83.9 Å². The van der Waals surface area contributed by atoms with Gasteiger partial charge in [-0.15, -0.1) is 0 Å². The van der Waals surface area contributed by atoms with Crippen LogP contribution in [-0.2, 0) is 38.5 Å². The molecular formula is C72H110N6. The van der Waals surface area contributed by atoms with Gasteiger partial charge in [0.1, 0.15) is 22.6 Å². The van der Waals surface area contributed by atoms with Crippen molar-refractivity contribution in [1.29, 1.82) is 0 Å². The van der Waals surface area contributed by atoms with E-state index < -0.39 is 0 Å². The maximum Gasteiger partial charge on any atom is 0.164 e. The average Bonchev–Trinajstić information content (AvgIpc) is 4.28. The summed E-state index contributed by atoms with van der Waals surface area (Å²) in [5.41, 5.74) is 14.8. The number of H-pyrrole nitrogens is 2. The van der Waals surface area contributed by atoms with E-state index in [1.54, 1.807) is 0 Å². The molecule has 0 radical (unpaired) electrons. The fraction of sp³-hybridized carbons (Fsp3) is 0.667. The smallest absolute Gasteiger partial charge is 0.164 e. The van der Waals surface area contributed by atoms with E-state index >= 15 is 0 Å². The summed E-state index contributed by atoms with van der Waals surface area (Å²) in [6.45, 7) is 13.9. The summed E-state index contributed by atoms with van der Waals surface area (Å²) in [6, 6.07) is 15.1. The van der Waals surface area contributed by atoms with E-state index in [1.807, 2.05) is 0 Å². The Kier molecular flexibility index (Phi) is 27.3. The number of hydrogen-bond acceptors (Lipinski definition) is 4. The van der Waals surface area contributed by atoms with Gasteiger partial charge in [-0.3, -0.25) is 0 Å². The number of unbranched alkanes of at least 4 members (excludes halogenated alkanes) is 30. The zero-order chi connectivity index (χ0) is 54.6. The van der Waals surface area contributed by atoms with Crippen molar-refractivity contribution >= 4 is 44.1 Å². The molecule has 428 valence electrons. The zero-order valence-electron chi connectivity index (χ0n) is 51.0. The molecule has 1 aliphatic heterocycles. The normalized spacial score (nSPS) is 12.1. The summed E-state index contributed by atoms with van der Waals surface area (Å²) in [5.74, 6) is 1.56. The van der Waals surface area contributed by atoms with Gasteiger partial charge in [0.15, 0.2) is 11.6 Å². The average molecular weight is 1060 g/mol. The maximum absolute atomic E-state index is 5.69. The summed E-state index contributed by atoms with van der Waals surface area (Å²) in [5, 5.41) is 4.69. The van der Waals surface area contributed by atoms with E-state index in [0.29, 0.717) is 0 Å². The van der Waals surface area contributed by atoms with Crippen LogP contribution in [0.25, 0.3) is 66.9 Å². The Labute approximate surface area is 475 Å². The lowest BCUT2D eigenvalue weighted by molar-refractivity contribution is 0.599. The van der Waals surface area contributed by atoms with Gasteiger partial charge in [0.05, 0.1) is 0 Å². The molecule has 0 amide bonds. The van der Waals surface area contributed by atoms with E-state index in [-0.39, 0.29) is 0 Å². The van der Waals surface area contributed by atoms with Gasteiger partial charge in [0, 0.05) is 32.7 Å². The summed E-state index contributed by atoms with van der Waals surface area (Å²) in [6.07, 6.45) is 53.6. The molecule has 6 aromatic rings. The molecule has 3 aromatic carbocycles. The molecule has 78 heavy (non-hydrogen) atoms. The fourth-order valence-corrected chi connectivity index (χ4v) is 12.8. The number of hydrogen-bond donors (Lipinski definition) is 2.